The maximum atomic E-state index is 7.41. The second-order valence-electron chi connectivity index (χ2n) is 3.24. The average Bonchev–Trinajstić information content (AvgIpc) is 2.60. The molecule has 0 saturated carbocycles. The summed E-state index contributed by atoms with van der Waals surface area (Å²) in [7, 11) is 1.66. The highest BCUT2D eigenvalue weighted by Crippen LogP contribution is 2.34. The van der Waals surface area contributed by atoms with E-state index in [1.807, 2.05) is 18.2 Å². The summed E-state index contributed by atoms with van der Waals surface area (Å²) in [5.41, 5.74) is 7.61. The Hall–Kier alpha value is -1.71. The molecule has 0 atom stereocenters. The minimum absolute atomic E-state index is 0.0944. The molecule has 2 rings (SSSR count). The van der Waals surface area contributed by atoms with Crippen molar-refractivity contribution in [3.05, 3.63) is 23.8 Å². The summed E-state index contributed by atoms with van der Waals surface area (Å²) < 4.78 is 5.25. The van der Waals surface area contributed by atoms with E-state index in [-0.39, 0.29) is 5.96 Å². The summed E-state index contributed by atoms with van der Waals surface area (Å²) in [6.45, 7) is 0.769. The maximum Gasteiger partial charge on any atom is 0.192 e. The predicted molar refractivity (Wildman–Crippen MR) is 56.0 cm³/mol. The molecule has 0 saturated heterocycles. The quantitative estimate of drug-likeness (QED) is 0.513. The third kappa shape index (κ3) is 1.19. The first-order valence-corrected chi connectivity index (χ1v) is 4.51. The molecule has 0 fully saturated rings. The van der Waals surface area contributed by atoms with E-state index in [1.165, 1.54) is 0 Å². The summed E-state index contributed by atoms with van der Waals surface area (Å²) in [4.78, 5) is 1.79. The SMILES string of the molecule is COc1cccc2c1CCN2C(=N)N. The molecule has 4 nitrogen and oxygen atoms in total. The van der Waals surface area contributed by atoms with Crippen LogP contribution >= 0.6 is 0 Å². The van der Waals surface area contributed by atoms with Gasteiger partial charge in [-0.2, -0.15) is 0 Å². The Bertz CT molecular complexity index is 376. The first kappa shape index (κ1) is 8.87. The number of anilines is 1. The molecule has 0 aliphatic carbocycles. The molecule has 1 aromatic rings. The van der Waals surface area contributed by atoms with Crippen LogP contribution in [0.2, 0.25) is 0 Å². The molecule has 1 heterocycles. The Labute approximate surface area is 82.8 Å². The van der Waals surface area contributed by atoms with Gasteiger partial charge in [0.1, 0.15) is 5.75 Å². The van der Waals surface area contributed by atoms with Crippen LogP contribution in [0, 0.1) is 5.41 Å². The Morgan fingerprint density at radius 1 is 1.57 bits per heavy atom. The lowest BCUT2D eigenvalue weighted by Crippen LogP contribution is -2.34. The summed E-state index contributed by atoms with van der Waals surface area (Å²) in [6, 6.07) is 5.81. The first-order chi connectivity index (χ1) is 6.74. The molecule has 0 bridgehead atoms. The van der Waals surface area contributed by atoms with E-state index in [0.29, 0.717) is 0 Å². The molecule has 1 aliphatic rings. The fraction of sp³-hybridized carbons (Fsp3) is 0.300. The number of methoxy groups -OCH3 is 1. The van der Waals surface area contributed by atoms with Gasteiger partial charge in [-0.15, -0.1) is 0 Å². The molecule has 1 aliphatic heterocycles. The summed E-state index contributed by atoms with van der Waals surface area (Å²) in [5.74, 6) is 0.975. The van der Waals surface area contributed by atoms with Gasteiger partial charge in [-0.3, -0.25) is 5.41 Å². The van der Waals surface area contributed by atoms with Crippen molar-refractivity contribution in [2.45, 2.75) is 6.42 Å². The number of rotatable bonds is 1. The normalized spacial score (nSPS) is 13.9. The summed E-state index contributed by atoms with van der Waals surface area (Å²) >= 11 is 0. The topological polar surface area (TPSA) is 62.3 Å². The van der Waals surface area contributed by atoms with E-state index >= 15 is 0 Å². The second-order valence-corrected chi connectivity index (χ2v) is 3.24. The van der Waals surface area contributed by atoms with Crippen LogP contribution in [0.3, 0.4) is 0 Å². The van der Waals surface area contributed by atoms with Crippen LogP contribution in [-0.2, 0) is 6.42 Å². The van der Waals surface area contributed by atoms with Crippen molar-refractivity contribution >= 4 is 11.6 Å². The van der Waals surface area contributed by atoms with Gasteiger partial charge in [0, 0.05) is 12.1 Å². The lowest BCUT2D eigenvalue weighted by Gasteiger charge is -2.16. The van der Waals surface area contributed by atoms with Crippen LogP contribution < -0.4 is 15.4 Å². The van der Waals surface area contributed by atoms with Crippen molar-refractivity contribution in [1.82, 2.24) is 0 Å². The number of nitrogens with zero attached hydrogens (tertiary/aromatic N) is 1. The Morgan fingerprint density at radius 3 is 3.00 bits per heavy atom. The van der Waals surface area contributed by atoms with E-state index in [9.17, 15) is 0 Å². The van der Waals surface area contributed by atoms with Gasteiger partial charge >= 0.3 is 0 Å². The smallest absolute Gasteiger partial charge is 0.192 e. The number of hydrogen-bond donors (Lipinski definition) is 2. The van der Waals surface area contributed by atoms with E-state index in [4.69, 9.17) is 15.9 Å². The highest BCUT2D eigenvalue weighted by molar-refractivity contribution is 5.95. The number of fused-ring (bicyclic) bond motifs is 1. The molecule has 0 radical (unpaired) electrons. The molecular weight excluding hydrogens is 178 g/mol. The summed E-state index contributed by atoms with van der Waals surface area (Å²) in [6.07, 6.45) is 0.888. The molecule has 1 aromatic carbocycles. The minimum Gasteiger partial charge on any atom is -0.496 e. The fourth-order valence-corrected chi connectivity index (χ4v) is 1.84. The molecule has 0 amide bonds. The number of nitrogens with two attached hydrogens (primary N) is 1. The van der Waals surface area contributed by atoms with Gasteiger partial charge in [-0.25, -0.2) is 0 Å². The highest BCUT2D eigenvalue weighted by Gasteiger charge is 2.23. The minimum atomic E-state index is 0.0944. The Morgan fingerprint density at radius 2 is 2.36 bits per heavy atom. The van der Waals surface area contributed by atoms with Gasteiger partial charge in [-0.05, 0) is 18.6 Å². The lowest BCUT2D eigenvalue weighted by molar-refractivity contribution is 0.411. The molecule has 3 N–H and O–H groups in total. The predicted octanol–water partition coefficient (Wildman–Crippen LogP) is 0.951. The fourth-order valence-electron chi connectivity index (χ4n) is 1.84. The van der Waals surface area contributed by atoms with Crippen molar-refractivity contribution in [2.24, 2.45) is 5.73 Å². The third-order valence-electron chi connectivity index (χ3n) is 2.50. The van der Waals surface area contributed by atoms with E-state index < -0.39 is 0 Å². The maximum absolute atomic E-state index is 7.41. The van der Waals surface area contributed by atoms with E-state index in [1.54, 1.807) is 12.0 Å². The highest BCUT2D eigenvalue weighted by atomic mass is 16.5. The van der Waals surface area contributed by atoms with Crippen LogP contribution in [0.15, 0.2) is 18.2 Å². The zero-order chi connectivity index (χ0) is 10.1. The number of benzene rings is 1. The van der Waals surface area contributed by atoms with Gasteiger partial charge < -0.3 is 15.4 Å². The number of hydrogen-bond acceptors (Lipinski definition) is 2. The molecule has 74 valence electrons. The van der Waals surface area contributed by atoms with Gasteiger partial charge in [0.15, 0.2) is 5.96 Å². The monoisotopic (exact) mass is 191 g/mol. The van der Waals surface area contributed by atoms with Crippen LogP contribution in [0.25, 0.3) is 0 Å². The Kier molecular flexibility index (Phi) is 2.04. The Balaban J connectivity index is 2.46. The van der Waals surface area contributed by atoms with Crippen molar-refractivity contribution in [1.29, 1.82) is 5.41 Å². The number of guanidine groups is 1. The van der Waals surface area contributed by atoms with Crippen LogP contribution in [-0.4, -0.2) is 19.6 Å². The van der Waals surface area contributed by atoms with Crippen molar-refractivity contribution in [2.75, 3.05) is 18.6 Å². The third-order valence-corrected chi connectivity index (χ3v) is 2.50. The molecule has 0 unspecified atom stereocenters. The van der Waals surface area contributed by atoms with Crippen LogP contribution in [0.4, 0.5) is 5.69 Å². The van der Waals surface area contributed by atoms with E-state index in [2.05, 4.69) is 0 Å². The number of ether oxygens (including phenoxy) is 1. The van der Waals surface area contributed by atoms with Crippen LogP contribution in [0.1, 0.15) is 5.56 Å². The second kappa shape index (κ2) is 3.21. The van der Waals surface area contributed by atoms with E-state index in [0.717, 1.165) is 30.0 Å². The van der Waals surface area contributed by atoms with Gasteiger partial charge in [0.2, 0.25) is 0 Å². The summed E-state index contributed by atoms with van der Waals surface area (Å²) in [5, 5.41) is 7.41. The largest absolute Gasteiger partial charge is 0.496 e. The molecule has 0 aromatic heterocycles. The average molecular weight is 191 g/mol. The van der Waals surface area contributed by atoms with Gasteiger partial charge in [0.05, 0.1) is 12.8 Å². The van der Waals surface area contributed by atoms with Gasteiger partial charge in [0.25, 0.3) is 0 Å². The zero-order valence-electron chi connectivity index (χ0n) is 8.08. The van der Waals surface area contributed by atoms with Crippen molar-refractivity contribution in [3.63, 3.8) is 0 Å². The number of nitrogens with one attached hydrogen (secondary N) is 1. The molecule has 4 heteroatoms. The zero-order valence-corrected chi connectivity index (χ0v) is 8.08. The van der Waals surface area contributed by atoms with Crippen molar-refractivity contribution < 1.29 is 4.74 Å². The molecular formula is C10H13N3O. The lowest BCUT2D eigenvalue weighted by atomic mass is 10.1. The van der Waals surface area contributed by atoms with Crippen molar-refractivity contribution in [3.8, 4) is 5.75 Å². The standard InChI is InChI=1S/C10H13N3O/c1-14-9-4-2-3-8-7(9)5-6-13(8)10(11)12/h2-4H,5-6H2,1H3,(H3,11,12). The first-order valence-electron chi connectivity index (χ1n) is 4.51. The molecule has 14 heavy (non-hydrogen) atoms. The van der Waals surface area contributed by atoms with Crippen LogP contribution in [0.5, 0.6) is 5.75 Å². The van der Waals surface area contributed by atoms with Gasteiger partial charge in [-0.1, -0.05) is 6.07 Å². The molecule has 0 spiro atoms.